The van der Waals surface area contributed by atoms with Crippen LogP contribution in [-0.4, -0.2) is 25.1 Å². The van der Waals surface area contributed by atoms with E-state index in [4.69, 9.17) is 4.52 Å². The minimum absolute atomic E-state index is 0.282. The number of benzene rings is 1. The van der Waals surface area contributed by atoms with Crippen LogP contribution in [-0.2, 0) is 5.54 Å². The molecule has 3 heterocycles. The lowest BCUT2D eigenvalue weighted by atomic mass is 10.0. The van der Waals surface area contributed by atoms with Crippen LogP contribution in [0.3, 0.4) is 0 Å². The number of halogens is 1. The molecule has 0 aliphatic rings. The highest BCUT2D eigenvalue weighted by Gasteiger charge is 2.27. The minimum atomic E-state index is -0.620. The van der Waals surface area contributed by atoms with Gasteiger partial charge < -0.3 is 9.84 Å². The SMILES string of the molecule is Cc1nc(C(C)(C)Nc2ncnc3ncc(-c4ccc(F)cc4)cc23)no1. The Balaban J connectivity index is 1.76. The number of nitrogens with one attached hydrogen (secondary N) is 1. The van der Waals surface area contributed by atoms with Gasteiger partial charge in [0.05, 0.1) is 10.9 Å². The molecule has 0 bridgehead atoms. The Morgan fingerprint density at radius 3 is 2.52 bits per heavy atom. The van der Waals surface area contributed by atoms with Crippen molar-refractivity contribution in [3.63, 3.8) is 0 Å². The molecule has 4 rings (SSSR count). The van der Waals surface area contributed by atoms with E-state index in [1.807, 2.05) is 19.9 Å². The topological polar surface area (TPSA) is 89.6 Å². The van der Waals surface area contributed by atoms with Gasteiger partial charge in [0.15, 0.2) is 11.5 Å². The number of fused-ring (bicyclic) bond motifs is 1. The van der Waals surface area contributed by atoms with E-state index in [2.05, 4.69) is 30.4 Å². The highest BCUT2D eigenvalue weighted by Crippen LogP contribution is 2.29. The highest BCUT2D eigenvalue weighted by molar-refractivity contribution is 5.89. The zero-order valence-electron chi connectivity index (χ0n) is 15.1. The zero-order valence-corrected chi connectivity index (χ0v) is 15.1. The average molecular weight is 364 g/mol. The number of aryl methyl sites for hydroxylation is 1. The lowest BCUT2D eigenvalue weighted by molar-refractivity contribution is 0.376. The Morgan fingerprint density at radius 2 is 1.81 bits per heavy atom. The van der Waals surface area contributed by atoms with Crippen LogP contribution in [0.5, 0.6) is 0 Å². The summed E-state index contributed by atoms with van der Waals surface area (Å²) in [6.45, 7) is 5.61. The number of hydrogen-bond acceptors (Lipinski definition) is 7. The van der Waals surface area contributed by atoms with Gasteiger partial charge in [-0.1, -0.05) is 17.3 Å². The summed E-state index contributed by atoms with van der Waals surface area (Å²) < 4.78 is 18.3. The lowest BCUT2D eigenvalue weighted by Crippen LogP contribution is -2.30. The molecule has 0 fully saturated rings. The summed E-state index contributed by atoms with van der Waals surface area (Å²) in [7, 11) is 0. The monoisotopic (exact) mass is 364 g/mol. The summed E-state index contributed by atoms with van der Waals surface area (Å²) in [5, 5.41) is 8.08. The van der Waals surface area contributed by atoms with Gasteiger partial charge in [0, 0.05) is 18.7 Å². The van der Waals surface area contributed by atoms with E-state index in [0.717, 1.165) is 16.5 Å². The maximum absolute atomic E-state index is 13.2. The third kappa shape index (κ3) is 3.33. The molecule has 7 nitrogen and oxygen atoms in total. The summed E-state index contributed by atoms with van der Waals surface area (Å²) in [4.78, 5) is 17.3. The first-order chi connectivity index (χ1) is 12.9. The van der Waals surface area contributed by atoms with Crippen LogP contribution in [0, 0.1) is 12.7 Å². The first kappa shape index (κ1) is 17.0. The standard InChI is InChI=1S/C19H17FN6O/c1-11-24-18(26-27-11)19(2,3)25-17-15-8-13(9-21-16(15)22-10-23-17)12-4-6-14(20)7-5-12/h4-10H,1-3H3,(H,21,22,23,25). The second-order valence-corrected chi connectivity index (χ2v) is 6.71. The fourth-order valence-electron chi connectivity index (χ4n) is 2.75. The van der Waals surface area contributed by atoms with Crippen molar-refractivity contribution in [2.24, 2.45) is 0 Å². The smallest absolute Gasteiger partial charge is 0.223 e. The van der Waals surface area contributed by atoms with Crippen LogP contribution in [0.1, 0.15) is 25.6 Å². The number of hydrogen-bond donors (Lipinski definition) is 1. The Labute approximate surface area is 154 Å². The highest BCUT2D eigenvalue weighted by atomic mass is 19.1. The van der Waals surface area contributed by atoms with Crippen LogP contribution in [0.2, 0.25) is 0 Å². The molecule has 0 atom stereocenters. The van der Waals surface area contributed by atoms with Crippen molar-refractivity contribution < 1.29 is 8.91 Å². The Bertz CT molecular complexity index is 1110. The van der Waals surface area contributed by atoms with Crippen molar-refractivity contribution in [3.05, 3.63) is 60.4 Å². The van der Waals surface area contributed by atoms with E-state index in [-0.39, 0.29) is 5.82 Å². The number of pyridine rings is 1. The molecule has 4 aromatic rings. The average Bonchev–Trinajstić information content (AvgIpc) is 3.10. The molecule has 0 amide bonds. The molecule has 0 aliphatic heterocycles. The van der Waals surface area contributed by atoms with Gasteiger partial charge >= 0.3 is 0 Å². The minimum Gasteiger partial charge on any atom is -0.357 e. The second-order valence-electron chi connectivity index (χ2n) is 6.71. The first-order valence-corrected chi connectivity index (χ1v) is 8.38. The molecular weight excluding hydrogens is 347 g/mol. The van der Waals surface area contributed by atoms with Crippen LogP contribution in [0.25, 0.3) is 22.2 Å². The van der Waals surface area contributed by atoms with Crippen molar-refractivity contribution in [2.75, 3.05) is 5.32 Å². The molecule has 0 spiro atoms. The molecule has 27 heavy (non-hydrogen) atoms. The number of aromatic nitrogens is 5. The van der Waals surface area contributed by atoms with Crippen molar-refractivity contribution >= 4 is 16.9 Å². The fourth-order valence-corrected chi connectivity index (χ4v) is 2.75. The quantitative estimate of drug-likeness (QED) is 0.588. The number of nitrogens with zero attached hydrogens (tertiary/aromatic N) is 5. The first-order valence-electron chi connectivity index (χ1n) is 8.38. The molecule has 1 N–H and O–H groups in total. The van der Waals surface area contributed by atoms with E-state index >= 15 is 0 Å². The Kier molecular flexibility index (Phi) is 4.02. The van der Waals surface area contributed by atoms with Crippen molar-refractivity contribution in [1.29, 1.82) is 0 Å². The van der Waals surface area contributed by atoms with Gasteiger partial charge in [-0.15, -0.1) is 0 Å². The van der Waals surface area contributed by atoms with Crippen molar-refractivity contribution in [1.82, 2.24) is 25.1 Å². The van der Waals surface area contributed by atoms with Crippen LogP contribution >= 0.6 is 0 Å². The molecule has 3 aromatic heterocycles. The molecule has 0 aliphatic carbocycles. The Morgan fingerprint density at radius 1 is 1.04 bits per heavy atom. The maximum Gasteiger partial charge on any atom is 0.223 e. The summed E-state index contributed by atoms with van der Waals surface area (Å²) >= 11 is 0. The van der Waals surface area contributed by atoms with Gasteiger partial charge in [-0.05, 0) is 37.6 Å². The summed E-state index contributed by atoms with van der Waals surface area (Å²) in [5.41, 5.74) is 1.63. The van der Waals surface area contributed by atoms with Gasteiger partial charge in [0.1, 0.15) is 18.0 Å². The van der Waals surface area contributed by atoms with Crippen molar-refractivity contribution in [3.8, 4) is 11.1 Å². The van der Waals surface area contributed by atoms with Gasteiger partial charge in [-0.25, -0.2) is 19.3 Å². The molecule has 8 heteroatoms. The van der Waals surface area contributed by atoms with E-state index in [9.17, 15) is 4.39 Å². The molecule has 136 valence electrons. The van der Waals surface area contributed by atoms with E-state index < -0.39 is 5.54 Å². The van der Waals surface area contributed by atoms with Crippen LogP contribution in [0.4, 0.5) is 10.2 Å². The third-order valence-electron chi connectivity index (χ3n) is 4.18. The largest absolute Gasteiger partial charge is 0.357 e. The fraction of sp³-hybridized carbons (Fsp3) is 0.211. The van der Waals surface area contributed by atoms with Crippen LogP contribution < -0.4 is 5.32 Å². The van der Waals surface area contributed by atoms with Gasteiger partial charge in [-0.2, -0.15) is 4.98 Å². The third-order valence-corrected chi connectivity index (χ3v) is 4.18. The number of rotatable bonds is 4. The second kappa shape index (κ2) is 6.39. The predicted molar refractivity (Wildman–Crippen MR) is 98.4 cm³/mol. The van der Waals surface area contributed by atoms with E-state index in [1.54, 1.807) is 25.3 Å². The summed E-state index contributed by atoms with van der Waals surface area (Å²) in [5.74, 6) is 1.33. The molecule has 1 aromatic carbocycles. The Hall–Kier alpha value is -3.42. The predicted octanol–water partition coefficient (Wildman–Crippen LogP) is 3.87. The lowest BCUT2D eigenvalue weighted by Gasteiger charge is -2.23. The molecular formula is C19H17FN6O. The normalized spacial score (nSPS) is 11.7. The van der Waals surface area contributed by atoms with Crippen molar-refractivity contribution in [2.45, 2.75) is 26.3 Å². The maximum atomic E-state index is 13.2. The molecule has 0 saturated carbocycles. The zero-order chi connectivity index (χ0) is 19.0. The van der Waals surface area contributed by atoms with E-state index in [1.165, 1.54) is 18.5 Å². The van der Waals surface area contributed by atoms with Crippen LogP contribution in [0.15, 0.2) is 47.4 Å². The summed E-state index contributed by atoms with van der Waals surface area (Å²) in [6, 6.07) is 8.18. The molecule has 0 radical (unpaired) electrons. The summed E-state index contributed by atoms with van der Waals surface area (Å²) in [6.07, 6.45) is 3.16. The molecule has 0 unspecified atom stereocenters. The molecule has 0 saturated heterocycles. The van der Waals surface area contributed by atoms with E-state index in [0.29, 0.717) is 23.2 Å². The van der Waals surface area contributed by atoms with Gasteiger partial charge in [0.25, 0.3) is 0 Å². The van der Waals surface area contributed by atoms with Gasteiger partial charge in [0.2, 0.25) is 5.89 Å². The number of anilines is 1. The van der Waals surface area contributed by atoms with Gasteiger partial charge in [-0.3, -0.25) is 0 Å².